The molecular formula is C15H21ClO2. The van der Waals surface area contributed by atoms with Crippen molar-refractivity contribution in [1.82, 2.24) is 0 Å². The Morgan fingerprint density at radius 2 is 2.11 bits per heavy atom. The zero-order valence-corrected chi connectivity index (χ0v) is 12.0. The molecule has 2 nitrogen and oxygen atoms in total. The van der Waals surface area contributed by atoms with E-state index in [-0.39, 0.29) is 5.92 Å². The molecule has 18 heavy (non-hydrogen) atoms. The highest BCUT2D eigenvalue weighted by atomic mass is 35.5. The van der Waals surface area contributed by atoms with Gasteiger partial charge in [0.05, 0.1) is 17.7 Å². The van der Waals surface area contributed by atoms with Gasteiger partial charge in [-0.15, -0.1) is 0 Å². The summed E-state index contributed by atoms with van der Waals surface area (Å²) < 4.78 is 5.23. The van der Waals surface area contributed by atoms with Crippen molar-refractivity contribution in [3.63, 3.8) is 0 Å². The minimum absolute atomic E-state index is 0.257. The van der Waals surface area contributed by atoms with Crippen molar-refractivity contribution in [3.8, 4) is 5.75 Å². The van der Waals surface area contributed by atoms with Gasteiger partial charge in [0.1, 0.15) is 5.75 Å². The van der Waals surface area contributed by atoms with Gasteiger partial charge in [0.25, 0.3) is 0 Å². The van der Waals surface area contributed by atoms with E-state index < -0.39 is 5.60 Å². The number of halogens is 1. The molecule has 1 aliphatic rings. The molecule has 1 saturated carbocycles. The van der Waals surface area contributed by atoms with Crippen LogP contribution in [0.15, 0.2) is 18.2 Å². The standard InChI is InChI=1S/C15H21ClO2/c1-10-6-7-15(17,11(2)8-10)12-4-5-13(16)14(9-12)18-3/h4-5,9-11,17H,6-8H2,1-3H3. The van der Waals surface area contributed by atoms with Crippen molar-refractivity contribution in [1.29, 1.82) is 0 Å². The lowest BCUT2D eigenvalue weighted by Gasteiger charge is -2.41. The first kappa shape index (κ1) is 13.7. The van der Waals surface area contributed by atoms with E-state index >= 15 is 0 Å². The lowest BCUT2D eigenvalue weighted by atomic mass is 9.69. The topological polar surface area (TPSA) is 29.5 Å². The largest absolute Gasteiger partial charge is 0.495 e. The summed E-state index contributed by atoms with van der Waals surface area (Å²) in [5.74, 6) is 1.58. The van der Waals surface area contributed by atoms with E-state index in [1.54, 1.807) is 13.2 Å². The summed E-state index contributed by atoms with van der Waals surface area (Å²) in [6.45, 7) is 4.37. The third-order valence-corrected chi connectivity index (χ3v) is 4.55. The molecule has 0 bridgehead atoms. The summed E-state index contributed by atoms with van der Waals surface area (Å²) in [5.41, 5.74) is 0.174. The van der Waals surface area contributed by atoms with E-state index in [1.807, 2.05) is 12.1 Å². The van der Waals surface area contributed by atoms with Crippen molar-refractivity contribution < 1.29 is 9.84 Å². The van der Waals surface area contributed by atoms with Crippen LogP contribution in [0.5, 0.6) is 5.75 Å². The monoisotopic (exact) mass is 268 g/mol. The third kappa shape index (κ3) is 2.36. The highest BCUT2D eigenvalue weighted by Crippen LogP contribution is 2.44. The van der Waals surface area contributed by atoms with Crippen molar-refractivity contribution in [2.24, 2.45) is 11.8 Å². The van der Waals surface area contributed by atoms with Gasteiger partial charge in [-0.05, 0) is 48.8 Å². The smallest absolute Gasteiger partial charge is 0.137 e. The molecule has 0 spiro atoms. The molecule has 1 aromatic rings. The molecule has 1 fully saturated rings. The highest BCUT2D eigenvalue weighted by molar-refractivity contribution is 6.32. The van der Waals surface area contributed by atoms with Crippen LogP contribution in [0.25, 0.3) is 0 Å². The van der Waals surface area contributed by atoms with Gasteiger partial charge < -0.3 is 9.84 Å². The van der Waals surface area contributed by atoms with Gasteiger partial charge in [-0.1, -0.05) is 31.5 Å². The molecule has 0 aliphatic heterocycles. The van der Waals surface area contributed by atoms with Gasteiger partial charge in [0.15, 0.2) is 0 Å². The van der Waals surface area contributed by atoms with E-state index in [0.717, 1.165) is 24.8 Å². The van der Waals surface area contributed by atoms with Gasteiger partial charge in [0.2, 0.25) is 0 Å². The third-order valence-electron chi connectivity index (χ3n) is 4.24. The number of aliphatic hydroxyl groups is 1. The molecule has 2 rings (SSSR count). The van der Waals surface area contributed by atoms with Gasteiger partial charge in [-0.2, -0.15) is 0 Å². The van der Waals surface area contributed by atoms with E-state index in [2.05, 4.69) is 13.8 Å². The Hall–Kier alpha value is -0.730. The second-order valence-corrected chi connectivity index (χ2v) is 5.96. The van der Waals surface area contributed by atoms with Crippen molar-refractivity contribution >= 4 is 11.6 Å². The molecule has 0 amide bonds. The van der Waals surface area contributed by atoms with Crippen LogP contribution >= 0.6 is 11.6 Å². The van der Waals surface area contributed by atoms with Crippen LogP contribution in [-0.4, -0.2) is 12.2 Å². The molecule has 0 saturated heterocycles. The molecule has 3 heteroatoms. The average molecular weight is 269 g/mol. The summed E-state index contributed by atoms with van der Waals surface area (Å²) in [6, 6.07) is 5.59. The van der Waals surface area contributed by atoms with Crippen LogP contribution in [0.3, 0.4) is 0 Å². The summed E-state index contributed by atoms with van der Waals surface area (Å²) in [7, 11) is 1.60. The van der Waals surface area contributed by atoms with Crippen molar-refractivity contribution in [2.75, 3.05) is 7.11 Å². The summed E-state index contributed by atoms with van der Waals surface area (Å²) in [5, 5.41) is 11.5. The fraction of sp³-hybridized carbons (Fsp3) is 0.600. The number of hydrogen-bond donors (Lipinski definition) is 1. The minimum Gasteiger partial charge on any atom is -0.495 e. The lowest BCUT2D eigenvalue weighted by molar-refractivity contribution is -0.0588. The fourth-order valence-corrected chi connectivity index (χ4v) is 3.18. The zero-order valence-electron chi connectivity index (χ0n) is 11.2. The zero-order chi connectivity index (χ0) is 13.3. The van der Waals surface area contributed by atoms with Crippen LogP contribution < -0.4 is 4.74 Å². The number of benzene rings is 1. The Bertz CT molecular complexity index is 433. The number of ether oxygens (including phenoxy) is 1. The molecule has 100 valence electrons. The van der Waals surface area contributed by atoms with E-state index in [0.29, 0.717) is 16.7 Å². The van der Waals surface area contributed by atoms with Crippen molar-refractivity contribution in [2.45, 2.75) is 38.7 Å². The molecule has 3 atom stereocenters. The van der Waals surface area contributed by atoms with Crippen LogP contribution in [0.2, 0.25) is 5.02 Å². The predicted molar refractivity (Wildman–Crippen MR) is 74.1 cm³/mol. The normalized spacial score (nSPS) is 32.3. The Morgan fingerprint density at radius 1 is 1.39 bits per heavy atom. The molecule has 1 N–H and O–H groups in total. The second-order valence-electron chi connectivity index (χ2n) is 5.55. The van der Waals surface area contributed by atoms with E-state index in [1.165, 1.54) is 0 Å². The van der Waals surface area contributed by atoms with Gasteiger partial charge in [-0.3, -0.25) is 0 Å². The maximum absolute atomic E-state index is 10.9. The van der Waals surface area contributed by atoms with Gasteiger partial charge in [0, 0.05) is 0 Å². The summed E-state index contributed by atoms with van der Waals surface area (Å²) in [6.07, 6.45) is 2.92. The molecule has 1 aliphatic carbocycles. The van der Waals surface area contributed by atoms with Crippen LogP contribution in [0.4, 0.5) is 0 Å². The van der Waals surface area contributed by atoms with Crippen molar-refractivity contribution in [3.05, 3.63) is 28.8 Å². The summed E-state index contributed by atoms with van der Waals surface area (Å²) >= 11 is 6.03. The first-order valence-electron chi connectivity index (χ1n) is 6.53. The van der Waals surface area contributed by atoms with E-state index in [9.17, 15) is 5.11 Å². The Labute approximate surface area is 114 Å². The summed E-state index contributed by atoms with van der Waals surface area (Å²) in [4.78, 5) is 0. The van der Waals surface area contributed by atoms with Crippen LogP contribution in [0.1, 0.15) is 38.7 Å². The maximum atomic E-state index is 10.9. The minimum atomic E-state index is -0.746. The number of methoxy groups -OCH3 is 1. The van der Waals surface area contributed by atoms with Gasteiger partial charge >= 0.3 is 0 Å². The Morgan fingerprint density at radius 3 is 2.72 bits per heavy atom. The number of rotatable bonds is 2. The lowest BCUT2D eigenvalue weighted by Crippen LogP contribution is -2.38. The fourth-order valence-electron chi connectivity index (χ4n) is 2.99. The first-order valence-corrected chi connectivity index (χ1v) is 6.91. The molecule has 0 radical (unpaired) electrons. The van der Waals surface area contributed by atoms with Crippen LogP contribution in [-0.2, 0) is 5.60 Å². The second kappa shape index (κ2) is 5.10. The number of hydrogen-bond acceptors (Lipinski definition) is 2. The maximum Gasteiger partial charge on any atom is 0.137 e. The highest BCUT2D eigenvalue weighted by Gasteiger charge is 2.40. The Kier molecular flexibility index (Phi) is 3.88. The quantitative estimate of drug-likeness (QED) is 0.879. The predicted octanol–water partition coefficient (Wildman–Crippen LogP) is 3.99. The van der Waals surface area contributed by atoms with Crippen LogP contribution in [0, 0.1) is 11.8 Å². The molecular weight excluding hydrogens is 248 g/mol. The van der Waals surface area contributed by atoms with Gasteiger partial charge in [-0.25, -0.2) is 0 Å². The molecule has 0 heterocycles. The average Bonchev–Trinajstić information content (AvgIpc) is 2.35. The molecule has 0 aromatic heterocycles. The SMILES string of the molecule is COc1cc(C2(O)CCC(C)CC2C)ccc1Cl. The van der Waals surface area contributed by atoms with E-state index in [4.69, 9.17) is 16.3 Å². The molecule has 3 unspecified atom stereocenters. The first-order chi connectivity index (χ1) is 8.47. The Balaban J connectivity index is 2.35. The molecule has 1 aromatic carbocycles.